The molecule has 0 saturated carbocycles. The molecule has 2 aromatic carbocycles. The number of hydrogen-bond donors (Lipinski definition) is 1. The highest BCUT2D eigenvalue weighted by molar-refractivity contribution is 7.90. The third kappa shape index (κ3) is 4.70. The van der Waals surface area contributed by atoms with E-state index in [1.807, 2.05) is 37.3 Å². The fourth-order valence-corrected chi connectivity index (χ4v) is 3.11. The Labute approximate surface area is 142 Å². The fraction of sp³-hybridized carbons (Fsp3) is 0.167. The van der Waals surface area contributed by atoms with Crippen LogP contribution in [0, 0.1) is 6.92 Å². The number of benzene rings is 2. The van der Waals surface area contributed by atoms with Crippen molar-refractivity contribution in [3.8, 4) is 0 Å². The van der Waals surface area contributed by atoms with Crippen LogP contribution in [0.25, 0.3) is 0 Å². The molecule has 0 saturated heterocycles. The van der Waals surface area contributed by atoms with Crippen LogP contribution >= 0.6 is 0 Å². The molecule has 0 atom stereocenters. The molecule has 2 aromatic rings. The lowest BCUT2D eigenvalue weighted by Crippen LogP contribution is -2.42. The molecule has 126 valence electrons. The highest BCUT2D eigenvalue weighted by Crippen LogP contribution is 2.11. The van der Waals surface area contributed by atoms with Gasteiger partial charge in [-0.3, -0.25) is 0 Å². The van der Waals surface area contributed by atoms with E-state index in [-0.39, 0.29) is 11.4 Å². The van der Waals surface area contributed by atoms with Gasteiger partial charge in [-0.05, 0) is 24.6 Å². The average Bonchev–Trinajstić information content (AvgIpc) is 2.55. The first kappa shape index (κ1) is 17.7. The number of amides is 2. The van der Waals surface area contributed by atoms with Gasteiger partial charge in [0.05, 0.1) is 4.90 Å². The van der Waals surface area contributed by atoms with E-state index >= 15 is 0 Å². The summed E-state index contributed by atoms with van der Waals surface area (Å²) in [7, 11) is -3.91. The molecule has 0 aliphatic carbocycles. The van der Waals surface area contributed by atoms with Crippen molar-refractivity contribution in [3.05, 3.63) is 78.4 Å². The third-order valence-electron chi connectivity index (χ3n) is 3.41. The molecule has 5 nitrogen and oxygen atoms in total. The quantitative estimate of drug-likeness (QED) is 0.819. The summed E-state index contributed by atoms with van der Waals surface area (Å²) in [6.45, 7) is 6.01. The van der Waals surface area contributed by atoms with Crippen molar-refractivity contribution >= 4 is 16.1 Å². The van der Waals surface area contributed by atoms with E-state index in [9.17, 15) is 13.2 Å². The molecular weight excluding hydrogens is 324 g/mol. The van der Waals surface area contributed by atoms with E-state index in [1.165, 1.54) is 17.0 Å². The van der Waals surface area contributed by atoms with Crippen LogP contribution in [0.4, 0.5) is 4.79 Å². The second-order valence-corrected chi connectivity index (χ2v) is 7.06. The first-order valence-corrected chi connectivity index (χ1v) is 8.94. The monoisotopic (exact) mass is 344 g/mol. The van der Waals surface area contributed by atoms with Gasteiger partial charge in [-0.2, -0.15) is 0 Å². The SMILES string of the molecule is C=CCN(Cc1ccccc1)C(=O)NS(=O)(=O)c1ccc(C)cc1. The molecule has 2 amide bonds. The van der Waals surface area contributed by atoms with Gasteiger partial charge >= 0.3 is 6.03 Å². The summed E-state index contributed by atoms with van der Waals surface area (Å²) in [6.07, 6.45) is 1.56. The Hall–Kier alpha value is -2.60. The second kappa shape index (κ2) is 7.79. The summed E-state index contributed by atoms with van der Waals surface area (Å²) >= 11 is 0. The van der Waals surface area contributed by atoms with Crippen LogP contribution in [0.1, 0.15) is 11.1 Å². The first-order chi connectivity index (χ1) is 11.4. The molecule has 6 heteroatoms. The van der Waals surface area contributed by atoms with Gasteiger partial charge in [0.1, 0.15) is 0 Å². The Bertz CT molecular complexity index is 800. The van der Waals surface area contributed by atoms with E-state index in [4.69, 9.17) is 0 Å². The molecule has 0 aromatic heterocycles. The minimum atomic E-state index is -3.91. The number of sulfonamides is 1. The molecule has 0 unspecified atom stereocenters. The summed E-state index contributed by atoms with van der Waals surface area (Å²) < 4.78 is 26.8. The number of carbonyl (C=O) groups excluding carboxylic acids is 1. The molecule has 24 heavy (non-hydrogen) atoms. The van der Waals surface area contributed by atoms with Crippen LogP contribution in [-0.2, 0) is 16.6 Å². The summed E-state index contributed by atoms with van der Waals surface area (Å²) in [5.41, 5.74) is 1.85. The van der Waals surface area contributed by atoms with Crippen LogP contribution in [0.3, 0.4) is 0 Å². The van der Waals surface area contributed by atoms with Gasteiger partial charge in [0.25, 0.3) is 10.0 Å². The van der Waals surface area contributed by atoms with Crippen molar-refractivity contribution in [2.75, 3.05) is 6.54 Å². The number of rotatable bonds is 6. The smallest absolute Gasteiger partial charge is 0.316 e. The van der Waals surface area contributed by atoms with Crippen molar-refractivity contribution in [2.24, 2.45) is 0 Å². The Kier molecular flexibility index (Phi) is 5.76. The number of hydrogen-bond acceptors (Lipinski definition) is 3. The average molecular weight is 344 g/mol. The Morgan fingerprint density at radius 3 is 2.33 bits per heavy atom. The van der Waals surface area contributed by atoms with Gasteiger partial charge in [0.2, 0.25) is 0 Å². The normalized spacial score (nSPS) is 10.9. The van der Waals surface area contributed by atoms with E-state index in [1.54, 1.807) is 18.2 Å². The van der Waals surface area contributed by atoms with E-state index in [0.29, 0.717) is 6.54 Å². The molecule has 0 aliphatic rings. The van der Waals surface area contributed by atoms with Crippen LogP contribution in [0.5, 0.6) is 0 Å². The Balaban J connectivity index is 2.14. The van der Waals surface area contributed by atoms with Crippen LogP contribution in [0.2, 0.25) is 0 Å². The molecule has 1 N–H and O–H groups in total. The van der Waals surface area contributed by atoms with Gasteiger partial charge in [0.15, 0.2) is 0 Å². The number of carbonyl (C=O) groups is 1. The molecule has 0 heterocycles. The van der Waals surface area contributed by atoms with Gasteiger partial charge < -0.3 is 4.90 Å². The molecule has 0 aliphatic heterocycles. The summed E-state index contributed by atoms with van der Waals surface area (Å²) in [4.78, 5) is 13.8. The lowest BCUT2D eigenvalue weighted by atomic mass is 10.2. The number of nitrogens with zero attached hydrogens (tertiary/aromatic N) is 1. The highest BCUT2D eigenvalue weighted by atomic mass is 32.2. The van der Waals surface area contributed by atoms with Crippen molar-refractivity contribution < 1.29 is 13.2 Å². The summed E-state index contributed by atoms with van der Waals surface area (Å²) in [6, 6.07) is 15.0. The van der Waals surface area contributed by atoms with Crippen LogP contribution in [-0.4, -0.2) is 25.9 Å². The topological polar surface area (TPSA) is 66.5 Å². The molecular formula is C18H20N2O3S. The summed E-state index contributed by atoms with van der Waals surface area (Å²) in [5, 5.41) is 0. The zero-order chi connectivity index (χ0) is 17.6. The van der Waals surface area contributed by atoms with Crippen molar-refractivity contribution in [2.45, 2.75) is 18.4 Å². The Morgan fingerprint density at radius 1 is 1.12 bits per heavy atom. The molecule has 0 radical (unpaired) electrons. The maximum absolute atomic E-state index is 12.4. The number of urea groups is 1. The van der Waals surface area contributed by atoms with Crippen molar-refractivity contribution in [3.63, 3.8) is 0 Å². The van der Waals surface area contributed by atoms with E-state index in [0.717, 1.165) is 11.1 Å². The zero-order valence-corrected chi connectivity index (χ0v) is 14.3. The first-order valence-electron chi connectivity index (χ1n) is 7.45. The van der Waals surface area contributed by atoms with Crippen molar-refractivity contribution in [1.29, 1.82) is 0 Å². The minimum Gasteiger partial charge on any atom is -0.316 e. The molecule has 2 rings (SSSR count). The lowest BCUT2D eigenvalue weighted by Gasteiger charge is -2.21. The van der Waals surface area contributed by atoms with Gasteiger partial charge in [0, 0.05) is 13.1 Å². The van der Waals surface area contributed by atoms with E-state index < -0.39 is 16.1 Å². The largest absolute Gasteiger partial charge is 0.331 e. The predicted octanol–water partition coefficient (Wildman–Crippen LogP) is 3.08. The highest BCUT2D eigenvalue weighted by Gasteiger charge is 2.21. The number of aryl methyl sites for hydroxylation is 1. The molecule has 0 spiro atoms. The van der Waals surface area contributed by atoms with E-state index in [2.05, 4.69) is 11.3 Å². The predicted molar refractivity (Wildman–Crippen MR) is 93.9 cm³/mol. The van der Waals surface area contributed by atoms with Crippen LogP contribution in [0.15, 0.2) is 72.1 Å². The summed E-state index contributed by atoms with van der Waals surface area (Å²) in [5.74, 6) is 0. The van der Waals surface area contributed by atoms with Gasteiger partial charge in [-0.1, -0.05) is 54.1 Å². The molecule has 0 fully saturated rings. The Morgan fingerprint density at radius 2 is 1.75 bits per heavy atom. The second-order valence-electron chi connectivity index (χ2n) is 5.38. The third-order valence-corrected chi connectivity index (χ3v) is 4.74. The fourth-order valence-electron chi connectivity index (χ4n) is 2.13. The van der Waals surface area contributed by atoms with Gasteiger partial charge in [-0.15, -0.1) is 6.58 Å². The van der Waals surface area contributed by atoms with Crippen molar-refractivity contribution in [1.82, 2.24) is 9.62 Å². The lowest BCUT2D eigenvalue weighted by molar-refractivity contribution is 0.207. The minimum absolute atomic E-state index is 0.0553. The number of nitrogens with one attached hydrogen (secondary N) is 1. The van der Waals surface area contributed by atoms with Gasteiger partial charge in [-0.25, -0.2) is 17.9 Å². The maximum Gasteiger partial charge on any atom is 0.331 e. The standard InChI is InChI=1S/C18H20N2O3S/c1-3-13-20(14-16-7-5-4-6-8-16)18(21)19-24(22,23)17-11-9-15(2)10-12-17/h3-12H,1,13-14H2,2H3,(H,19,21). The van der Waals surface area contributed by atoms with Crippen LogP contribution < -0.4 is 4.72 Å². The maximum atomic E-state index is 12.4. The zero-order valence-electron chi connectivity index (χ0n) is 13.5. The molecule has 0 bridgehead atoms.